The monoisotopic (exact) mass is 371 g/mol. The molecule has 0 radical (unpaired) electrons. The highest BCUT2D eigenvalue weighted by Gasteiger charge is 2.34. The number of rotatable bonds is 5. The van der Waals surface area contributed by atoms with Gasteiger partial charge < -0.3 is 16.2 Å². The van der Waals surface area contributed by atoms with Gasteiger partial charge in [0.25, 0.3) is 0 Å². The molecular formula is C14H21Cl2F3N2O. The molecule has 0 bridgehead atoms. The largest absolute Gasteiger partial charge is 0.418 e. The number of nitrogen functional groups attached to an aromatic ring is 1. The molecule has 1 atom stereocenters. The van der Waals surface area contributed by atoms with E-state index in [1.807, 2.05) is 0 Å². The fraction of sp³-hybridized carbons (Fsp3) is 0.571. The predicted molar refractivity (Wildman–Crippen MR) is 85.4 cm³/mol. The first-order chi connectivity index (χ1) is 13.9. The molecule has 0 heterocycles. The summed E-state index contributed by atoms with van der Waals surface area (Å²) in [4.78, 5) is 0. The summed E-state index contributed by atoms with van der Waals surface area (Å²) in [6, 6.07) is 1.22. The van der Waals surface area contributed by atoms with Gasteiger partial charge in [0.15, 0.2) is 0 Å². The van der Waals surface area contributed by atoms with Crippen molar-refractivity contribution in [3.63, 3.8) is 0 Å². The van der Waals surface area contributed by atoms with Gasteiger partial charge in [0.05, 0.1) is 22.4 Å². The molecule has 1 aromatic carbocycles. The van der Waals surface area contributed by atoms with Crippen molar-refractivity contribution in [1.29, 1.82) is 0 Å². The normalized spacial score (nSPS) is 23.4. The van der Waals surface area contributed by atoms with E-state index in [2.05, 4.69) is 0 Å². The topological polar surface area (TPSA) is 58.3 Å². The molecule has 0 aliphatic rings. The third-order valence-corrected chi connectivity index (χ3v) is 2.90. The molecule has 0 fully saturated rings. The molecule has 0 saturated carbocycles. The number of aliphatic hydroxyl groups excluding tert-OH is 1. The van der Waals surface area contributed by atoms with Crippen molar-refractivity contribution in [2.24, 2.45) is 0 Å². The van der Waals surface area contributed by atoms with Crippen LogP contribution in [-0.2, 0) is 6.18 Å². The molecule has 1 unspecified atom stereocenters. The van der Waals surface area contributed by atoms with Gasteiger partial charge in [-0.25, -0.2) is 0 Å². The highest BCUT2D eigenvalue weighted by Crippen LogP contribution is 2.38. The highest BCUT2D eigenvalue weighted by molar-refractivity contribution is 6.33. The molecule has 3 nitrogen and oxygen atoms in total. The molecule has 128 valence electrons. The fourth-order valence-corrected chi connectivity index (χ4v) is 1.71. The van der Waals surface area contributed by atoms with Crippen LogP contribution in [-0.4, -0.2) is 17.2 Å². The minimum Gasteiger partial charge on any atom is -0.397 e. The van der Waals surface area contributed by atoms with Crippen molar-refractivity contribution < 1.29 is 33.4 Å². The summed E-state index contributed by atoms with van der Waals surface area (Å²) in [6.07, 6.45) is -10.9. The zero-order valence-electron chi connectivity index (χ0n) is 21.9. The van der Waals surface area contributed by atoms with Crippen LogP contribution < -0.4 is 11.1 Å². The Hall–Kier alpha value is -0.690. The molecule has 0 aromatic heterocycles. The predicted octanol–water partition coefficient (Wildman–Crippen LogP) is 4.17. The lowest BCUT2D eigenvalue weighted by molar-refractivity contribution is -0.137. The number of hydrogen-bond donors (Lipinski definition) is 3. The molecule has 22 heavy (non-hydrogen) atoms. The average Bonchev–Trinajstić information content (AvgIpc) is 2.52. The highest BCUT2D eigenvalue weighted by atomic mass is 35.5. The van der Waals surface area contributed by atoms with Crippen molar-refractivity contribution >= 4 is 29.7 Å². The van der Waals surface area contributed by atoms with Crippen molar-refractivity contribution in [1.82, 2.24) is 5.32 Å². The van der Waals surface area contributed by atoms with E-state index in [1.54, 1.807) is 5.32 Å². The Kier molecular flexibility index (Phi) is 3.15. The van der Waals surface area contributed by atoms with Crippen molar-refractivity contribution in [3.05, 3.63) is 28.3 Å². The quantitative estimate of drug-likeness (QED) is 0.680. The second-order valence-corrected chi connectivity index (χ2v) is 4.64. The summed E-state index contributed by atoms with van der Waals surface area (Å²) < 4.78 is 123. The van der Waals surface area contributed by atoms with E-state index in [1.165, 1.54) is 0 Å². The maximum atomic E-state index is 13.2. The maximum absolute atomic E-state index is 13.2. The van der Waals surface area contributed by atoms with Gasteiger partial charge in [-0.05, 0) is 37.8 Å². The van der Waals surface area contributed by atoms with Gasteiger partial charge in [-0.2, -0.15) is 13.2 Å². The Bertz CT molecular complexity index is 828. The Labute approximate surface area is 154 Å². The first-order valence-electron chi connectivity index (χ1n) is 11.0. The second-order valence-electron chi connectivity index (χ2n) is 4.23. The lowest BCUT2D eigenvalue weighted by Gasteiger charge is -2.26. The van der Waals surface area contributed by atoms with Crippen molar-refractivity contribution in [2.75, 3.05) is 12.3 Å². The third-order valence-electron chi connectivity index (χ3n) is 2.59. The summed E-state index contributed by atoms with van der Waals surface area (Å²) in [7, 11) is 0. The molecular weight excluding hydrogens is 340 g/mol. The Morgan fingerprint density at radius 2 is 2.09 bits per heavy atom. The van der Waals surface area contributed by atoms with E-state index >= 15 is 0 Å². The van der Waals surface area contributed by atoms with Gasteiger partial charge in [-0.15, -0.1) is 12.4 Å². The summed E-state index contributed by atoms with van der Waals surface area (Å²) in [6.45, 7) is -12.5. The zero-order chi connectivity index (χ0) is 25.7. The maximum Gasteiger partial charge on any atom is 0.418 e. The summed E-state index contributed by atoms with van der Waals surface area (Å²) in [5.41, 5.74) is -1.26. The van der Waals surface area contributed by atoms with Crippen molar-refractivity contribution in [2.45, 2.75) is 44.7 Å². The molecule has 8 heteroatoms. The number of aliphatic hydroxyl groups is 1. The van der Waals surface area contributed by atoms with E-state index in [-0.39, 0.29) is 12.4 Å². The van der Waals surface area contributed by atoms with E-state index in [4.69, 9.17) is 32.4 Å². The van der Waals surface area contributed by atoms with Gasteiger partial charge in [0, 0.05) is 27.2 Å². The molecule has 0 aliphatic carbocycles. The number of hydrogen-bond acceptors (Lipinski definition) is 3. The molecule has 1 rings (SSSR count). The van der Waals surface area contributed by atoms with Crippen LogP contribution in [0, 0.1) is 0 Å². The van der Waals surface area contributed by atoms with Crippen LogP contribution in [0.2, 0.25) is 5.02 Å². The average molecular weight is 372 g/mol. The van der Waals surface area contributed by atoms with Crippen LogP contribution in [0.5, 0.6) is 0 Å². The van der Waals surface area contributed by atoms with Crippen molar-refractivity contribution in [3.8, 4) is 0 Å². The number of nitrogens with two attached hydrogens (primary N) is 1. The zero-order valence-corrected chi connectivity index (χ0v) is 12.5. The number of halogens is 5. The Morgan fingerprint density at radius 1 is 1.45 bits per heavy atom. The number of nitrogens with one attached hydrogen (secondary N) is 1. The van der Waals surface area contributed by atoms with Gasteiger partial charge in [-0.1, -0.05) is 18.5 Å². The van der Waals surface area contributed by atoms with Crippen LogP contribution >= 0.6 is 24.0 Å². The Balaban J connectivity index is 0.0000102. The fourth-order valence-electron chi connectivity index (χ4n) is 1.48. The molecule has 0 amide bonds. The number of anilines is 1. The van der Waals surface area contributed by atoms with Crippen LogP contribution in [0.3, 0.4) is 0 Å². The lowest BCUT2D eigenvalue weighted by Crippen LogP contribution is -2.40. The molecule has 0 spiro atoms. The minimum absolute atomic E-state index is 0. The molecule has 1 aromatic rings. The number of benzene rings is 1. The first-order valence-corrected chi connectivity index (χ1v) is 5.89. The van der Waals surface area contributed by atoms with Gasteiger partial charge in [-0.3, -0.25) is 0 Å². The second kappa shape index (κ2) is 7.73. The van der Waals surface area contributed by atoms with Crippen LogP contribution in [0.15, 0.2) is 12.1 Å². The SMILES string of the molecule is Cl.[2H]C([2H])([2H])C([2H])([2H])C(NCC(O)c1cc(Cl)c(N)c(C(F)(F)F)c1)(C([2H])([2H])[2H])C([2H])([2H])[2H]. The van der Waals surface area contributed by atoms with E-state index in [0.717, 1.165) is 6.07 Å². The van der Waals surface area contributed by atoms with E-state index in [9.17, 15) is 18.3 Å². The summed E-state index contributed by atoms with van der Waals surface area (Å²) in [5.74, 6) is 0. The van der Waals surface area contributed by atoms with E-state index in [0.29, 0.717) is 6.07 Å². The molecule has 4 N–H and O–H groups in total. The summed E-state index contributed by atoms with van der Waals surface area (Å²) in [5, 5.41) is 11.5. The van der Waals surface area contributed by atoms with Gasteiger partial charge in [0.2, 0.25) is 0 Å². The molecule has 0 saturated heterocycles. The molecule has 0 aliphatic heterocycles. The number of alkyl halides is 3. The Morgan fingerprint density at radius 3 is 2.59 bits per heavy atom. The van der Waals surface area contributed by atoms with E-state index < -0.39 is 73.1 Å². The third kappa shape index (κ3) is 5.50. The smallest absolute Gasteiger partial charge is 0.397 e. The lowest BCUT2D eigenvalue weighted by atomic mass is 10.00. The standard InChI is InChI=1S/C14H20ClF3N2O.ClH/c1-4-13(2,3)20-7-11(21)8-5-9(14(16,17)18)12(19)10(15)6-8;/h5-6,11,20-21H,4,7,19H2,1-3H3;1H/i1D3,2D3,3D3,4D2;. The van der Waals surface area contributed by atoms with Crippen LogP contribution in [0.25, 0.3) is 0 Å². The number of β-amino-alcohol motifs (C(OH)–C–C–N with tert-alkyl or cyclic N) is 1. The minimum atomic E-state index is -4.98. The summed E-state index contributed by atoms with van der Waals surface area (Å²) >= 11 is 5.67. The van der Waals surface area contributed by atoms with Gasteiger partial charge >= 0.3 is 6.18 Å². The van der Waals surface area contributed by atoms with Gasteiger partial charge in [0.1, 0.15) is 0 Å². The van der Waals surface area contributed by atoms with Crippen LogP contribution in [0.1, 0.15) is 59.2 Å². The van der Waals surface area contributed by atoms with Crippen LogP contribution in [0.4, 0.5) is 18.9 Å². The first kappa shape index (κ1) is 8.97.